The summed E-state index contributed by atoms with van der Waals surface area (Å²) in [5.41, 5.74) is 0. The summed E-state index contributed by atoms with van der Waals surface area (Å²) in [6, 6.07) is 0. The van der Waals surface area contributed by atoms with Gasteiger partial charge in [0.05, 0.1) is 12.2 Å². The summed E-state index contributed by atoms with van der Waals surface area (Å²) >= 11 is 0. The molecule has 2 aliphatic rings. The Hall–Kier alpha value is -0.860. The van der Waals surface area contributed by atoms with Crippen LogP contribution in [0.4, 0.5) is 0 Å². The highest BCUT2D eigenvalue weighted by Crippen LogP contribution is 2.32. The zero-order valence-electron chi connectivity index (χ0n) is 18.0. The molecule has 2 aliphatic carbocycles. The first-order valence-electron chi connectivity index (χ1n) is 11.3. The van der Waals surface area contributed by atoms with Gasteiger partial charge >= 0.3 is 0 Å². The number of rotatable bonds is 9. The predicted octanol–water partition coefficient (Wildman–Crippen LogP) is 6.45. The summed E-state index contributed by atoms with van der Waals surface area (Å²) in [5, 5.41) is 20.1. The molecule has 156 valence electrons. The van der Waals surface area contributed by atoms with Crippen LogP contribution in [0.3, 0.4) is 0 Å². The Morgan fingerprint density at radius 1 is 0.815 bits per heavy atom. The highest BCUT2D eigenvalue weighted by molar-refractivity contribution is 4.98. The molecule has 2 nitrogen and oxygen atoms in total. The van der Waals surface area contributed by atoms with Crippen LogP contribution in [0.2, 0.25) is 0 Å². The van der Waals surface area contributed by atoms with E-state index in [4.69, 9.17) is 0 Å². The molecule has 0 spiro atoms. The normalized spacial score (nSPS) is 23.3. The van der Waals surface area contributed by atoms with E-state index in [0.717, 1.165) is 12.8 Å². The van der Waals surface area contributed by atoms with E-state index in [9.17, 15) is 10.2 Å². The fourth-order valence-electron chi connectivity index (χ4n) is 4.55. The van der Waals surface area contributed by atoms with Crippen LogP contribution >= 0.6 is 0 Å². The van der Waals surface area contributed by atoms with Crippen molar-refractivity contribution in [2.24, 2.45) is 23.7 Å². The molecule has 0 heterocycles. The maximum absolute atomic E-state index is 10.1. The molecule has 0 amide bonds. The number of aliphatic hydroxyl groups excluding tert-OH is 2. The Labute approximate surface area is 168 Å². The summed E-state index contributed by atoms with van der Waals surface area (Å²) in [6.45, 7) is 9.96. The van der Waals surface area contributed by atoms with E-state index in [-0.39, 0.29) is 12.2 Å². The molecule has 4 atom stereocenters. The summed E-state index contributed by atoms with van der Waals surface area (Å²) < 4.78 is 0. The van der Waals surface area contributed by atoms with E-state index in [0.29, 0.717) is 23.7 Å². The zero-order chi connectivity index (χ0) is 20.1. The molecule has 0 aromatic carbocycles. The lowest BCUT2D eigenvalue weighted by atomic mass is 9.89. The minimum Gasteiger partial charge on any atom is -0.393 e. The van der Waals surface area contributed by atoms with Gasteiger partial charge < -0.3 is 10.2 Å². The Kier molecular flexibility index (Phi) is 12.7. The maximum Gasteiger partial charge on any atom is 0.0596 e. The minimum atomic E-state index is -0.105. The molecule has 2 saturated carbocycles. The van der Waals surface area contributed by atoms with E-state index in [2.05, 4.69) is 38.7 Å². The van der Waals surface area contributed by atoms with E-state index in [1.54, 1.807) is 6.08 Å². The molecule has 0 bridgehead atoms. The van der Waals surface area contributed by atoms with Gasteiger partial charge in [-0.15, -0.1) is 0 Å². The average molecular weight is 377 g/mol. The van der Waals surface area contributed by atoms with Crippen molar-refractivity contribution in [3.05, 3.63) is 37.0 Å². The van der Waals surface area contributed by atoms with Gasteiger partial charge in [-0.1, -0.05) is 76.5 Å². The van der Waals surface area contributed by atoms with Gasteiger partial charge in [0.15, 0.2) is 0 Å². The summed E-state index contributed by atoms with van der Waals surface area (Å²) in [5.74, 6) is 1.95. The van der Waals surface area contributed by atoms with Crippen LogP contribution in [0.25, 0.3) is 0 Å². The van der Waals surface area contributed by atoms with Crippen molar-refractivity contribution >= 4 is 0 Å². The average Bonchev–Trinajstić information content (AvgIpc) is 3.39. The van der Waals surface area contributed by atoms with Crippen LogP contribution in [-0.2, 0) is 0 Å². The molecule has 0 saturated heterocycles. The third-order valence-electron chi connectivity index (χ3n) is 6.46. The molecule has 0 aliphatic heterocycles. The maximum atomic E-state index is 10.1. The summed E-state index contributed by atoms with van der Waals surface area (Å²) in [7, 11) is 0. The zero-order valence-corrected chi connectivity index (χ0v) is 18.0. The smallest absolute Gasteiger partial charge is 0.0596 e. The van der Waals surface area contributed by atoms with Crippen molar-refractivity contribution in [2.45, 2.75) is 97.2 Å². The van der Waals surface area contributed by atoms with Gasteiger partial charge in [0.1, 0.15) is 0 Å². The molecule has 4 unspecified atom stereocenters. The molecule has 2 rings (SSSR count). The van der Waals surface area contributed by atoms with Crippen LogP contribution in [0.15, 0.2) is 37.0 Å². The van der Waals surface area contributed by atoms with Gasteiger partial charge in [-0.3, -0.25) is 0 Å². The minimum absolute atomic E-state index is 0.0706. The first kappa shape index (κ1) is 24.2. The second kappa shape index (κ2) is 14.2. The highest BCUT2D eigenvalue weighted by Gasteiger charge is 2.27. The topological polar surface area (TPSA) is 40.5 Å². The van der Waals surface area contributed by atoms with Crippen molar-refractivity contribution in [3.8, 4) is 0 Å². The molecule has 27 heavy (non-hydrogen) atoms. The molecule has 2 N–H and O–H groups in total. The summed E-state index contributed by atoms with van der Waals surface area (Å²) in [4.78, 5) is 0. The van der Waals surface area contributed by atoms with Crippen molar-refractivity contribution < 1.29 is 10.2 Å². The quantitative estimate of drug-likeness (QED) is 0.359. The van der Waals surface area contributed by atoms with Gasteiger partial charge in [-0.25, -0.2) is 0 Å². The lowest BCUT2D eigenvalue weighted by molar-refractivity contribution is 0.0610. The molecular weight excluding hydrogens is 332 g/mol. The van der Waals surface area contributed by atoms with Crippen LogP contribution < -0.4 is 0 Å². The number of allylic oxidation sites excluding steroid dienone is 5. The number of hydrogen-bond acceptors (Lipinski definition) is 2. The largest absolute Gasteiger partial charge is 0.393 e. The predicted molar refractivity (Wildman–Crippen MR) is 118 cm³/mol. The molecule has 0 aromatic rings. The van der Waals surface area contributed by atoms with Crippen molar-refractivity contribution in [2.75, 3.05) is 0 Å². The Morgan fingerprint density at radius 2 is 1.22 bits per heavy atom. The Morgan fingerprint density at radius 3 is 1.59 bits per heavy atom. The monoisotopic (exact) mass is 376 g/mol. The molecule has 2 heteroatoms. The van der Waals surface area contributed by atoms with Crippen LogP contribution in [0.1, 0.15) is 85.0 Å². The second-order valence-electron chi connectivity index (χ2n) is 8.73. The van der Waals surface area contributed by atoms with E-state index >= 15 is 0 Å². The fraction of sp³-hybridized carbons (Fsp3) is 0.760. The van der Waals surface area contributed by atoms with Gasteiger partial charge in [0.2, 0.25) is 0 Å². The second-order valence-corrected chi connectivity index (χ2v) is 8.73. The number of hydrogen-bond donors (Lipinski definition) is 2. The molecule has 2 fully saturated rings. The SMILES string of the molecule is C/C=C/CC(C)C(O)C1CCCC1.C=C/C=C/CC(C)C(O)C1CCCC1. The van der Waals surface area contributed by atoms with E-state index in [1.165, 1.54) is 51.4 Å². The first-order valence-corrected chi connectivity index (χ1v) is 11.3. The fourth-order valence-corrected chi connectivity index (χ4v) is 4.55. The Bertz CT molecular complexity index is 428. The van der Waals surface area contributed by atoms with Gasteiger partial charge in [0.25, 0.3) is 0 Å². The van der Waals surface area contributed by atoms with Crippen molar-refractivity contribution in [1.29, 1.82) is 0 Å². The standard InChI is InChI=1S/C13H22O.C12H22O/c1-3-4-5-8-11(2)13(14)12-9-6-7-10-12;1-3-4-7-10(2)12(13)11-8-5-6-9-11/h3-5,11-14H,1,6-10H2,2H3;3-4,10-13H,5-9H2,1-2H3/b5-4+;4-3+. The van der Waals surface area contributed by atoms with Crippen molar-refractivity contribution in [1.82, 2.24) is 0 Å². The lowest BCUT2D eigenvalue weighted by Crippen LogP contribution is -2.25. The van der Waals surface area contributed by atoms with Crippen LogP contribution in [0.5, 0.6) is 0 Å². The van der Waals surface area contributed by atoms with Crippen molar-refractivity contribution in [3.63, 3.8) is 0 Å². The molecule has 0 radical (unpaired) electrons. The third kappa shape index (κ3) is 9.25. The molecular formula is C25H44O2. The molecule has 0 aromatic heterocycles. The van der Waals surface area contributed by atoms with Gasteiger partial charge in [0, 0.05) is 0 Å². The number of aliphatic hydroxyl groups is 2. The van der Waals surface area contributed by atoms with Crippen LogP contribution in [0, 0.1) is 23.7 Å². The van der Waals surface area contributed by atoms with Crippen LogP contribution in [-0.4, -0.2) is 22.4 Å². The summed E-state index contributed by atoms with van der Waals surface area (Å²) in [6.07, 6.45) is 22.0. The van der Waals surface area contributed by atoms with Gasteiger partial charge in [-0.2, -0.15) is 0 Å². The Balaban J connectivity index is 0.000000271. The van der Waals surface area contributed by atoms with E-state index in [1.807, 2.05) is 13.0 Å². The highest BCUT2D eigenvalue weighted by atomic mass is 16.3. The lowest BCUT2D eigenvalue weighted by Gasteiger charge is -2.23. The third-order valence-corrected chi connectivity index (χ3v) is 6.46. The first-order chi connectivity index (χ1) is 13.0. The van der Waals surface area contributed by atoms with E-state index < -0.39 is 0 Å². The van der Waals surface area contributed by atoms with Gasteiger partial charge in [-0.05, 0) is 69.1 Å².